The molecule has 236 valence electrons. The van der Waals surface area contributed by atoms with Gasteiger partial charge in [-0.05, 0) is 92.1 Å². The van der Waals surface area contributed by atoms with E-state index in [-0.39, 0.29) is 30.0 Å². The lowest BCUT2D eigenvalue weighted by atomic mass is 9.95. The largest absolute Gasteiger partial charge is 0.395 e. The number of hydrogen-bond acceptors (Lipinski definition) is 6. The average Bonchev–Trinajstić information content (AvgIpc) is 3.56. The third kappa shape index (κ3) is 7.32. The van der Waals surface area contributed by atoms with Gasteiger partial charge in [0.1, 0.15) is 0 Å². The van der Waals surface area contributed by atoms with Crippen molar-refractivity contribution in [1.82, 2.24) is 20.5 Å². The average molecular weight is 600 g/mol. The third-order valence-corrected chi connectivity index (χ3v) is 9.53. The molecule has 2 heterocycles. The number of carbonyl (C=O) groups excluding carboxylic acids is 1. The number of aromatic nitrogens is 1. The SMILES string of the molecule is CCN(C(=O)C1CCCC1)c1cc(-c2ccc(CN3CCNC[C@H]3CO)cc2)cc(CNCc2c(C)cc(C)[nH]c2=O)c1C. The van der Waals surface area contributed by atoms with Crippen molar-refractivity contribution in [3.8, 4) is 11.1 Å². The fourth-order valence-electron chi connectivity index (χ4n) is 6.88. The first-order valence-corrected chi connectivity index (χ1v) is 16.3. The molecule has 44 heavy (non-hydrogen) atoms. The third-order valence-electron chi connectivity index (χ3n) is 9.53. The van der Waals surface area contributed by atoms with Gasteiger partial charge in [-0.3, -0.25) is 14.5 Å². The van der Waals surface area contributed by atoms with Crippen LogP contribution in [0.25, 0.3) is 11.1 Å². The van der Waals surface area contributed by atoms with Gasteiger partial charge < -0.3 is 25.6 Å². The molecule has 1 saturated heterocycles. The quantitative estimate of drug-likeness (QED) is 0.258. The molecule has 1 saturated carbocycles. The van der Waals surface area contributed by atoms with Crippen LogP contribution in [-0.4, -0.2) is 59.7 Å². The van der Waals surface area contributed by atoms with E-state index in [9.17, 15) is 14.7 Å². The number of aryl methyl sites for hydroxylation is 2. The molecule has 2 aliphatic rings. The zero-order valence-corrected chi connectivity index (χ0v) is 26.8. The number of amides is 1. The van der Waals surface area contributed by atoms with E-state index >= 15 is 0 Å². The Kier molecular flexibility index (Phi) is 10.7. The molecular weight excluding hydrogens is 550 g/mol. The van der Waals surface area contributed by atoms with Gasteiger partial charge in [-0.25, -0.2) is 0 Å². The highest BCUT2D eigenvalue weighted by atomic mass is 16.3. The highest BCUT2D eigenvalue weighted by Gasteiger charge is 2.29. The summed E-state index contributed by atoms with van der Waals surface area (Å²) in [5.74, 6) is 0.332. The van der Waals surface area contributed by atoms with Crippen molar-refractivity contribution >= 4 is 11.6 Å². The Labute approximate surface area is 261 Å². The summed E-state index contributed by atoms with van der Waals surface area (Å²) in [6, 6.07) is 15.2. The van der Waals surface area contributed by atoms with Gasteiger partial charge in [-0.15, -0.1) is 0 Å². The fraction of sp³-hybridized carbons (Fsp3) is 0.500. The Bertz CT molecular complexity index is 1490. The first kappa shape index (κ1) is 32.1. The first-order chi connectivity index (χ1) is 21.3. The van der Waals surface area contributed by atoms with E-state index in [2.05, 4.69) is 70.8 Å². The lowest BCUT2D eigenvalue weighted by Gasteiger charge is -2.35. The summed E-state index contributed by atoms with van der Waals surface area (Å²) in [4.78, 5) is 33.6. The minimum absolute atomic E-state index is 0.0494. The standard InChI is InChI=1S/C36H49N5O3/c1-5-41(36(44)29-8-6-7-9-29)34-18-30(28-12-10-27(11-13-28)22-40-15-14-37-20-32(40)23-42)17-31(26(34)4)19-38-21-33-24(2)16-25(3)39-35(33)43/h10-13,16-18,29,32,37-38,42H,5-9,14-15,19-23H2,1-4H3,(H,39,43)/t32-/m0/s1. The summed E-state index contributed by atoms with van der Waals surface area (Å²) in [5.41, 5.74) is 9.12. The number of carbonyl (C=O) groups is 1. The molecule has 8 nitrogen and oxygen atoms in total. The van der Waals surface area contributed by atoms with E-state index in [0.717, 1.165) is 96.6 Å². The van der Waals surface area contributed by atoms with Gasteiger partial charge in [-0.2, -0.15) is 0 Å². The second kappa shape index (κ2) is 14.7. The van der Waals surface area contributed by atoms with Crippen molar-refractivity contribution < 1.29 is 9.90 Å². The number of rotatable bonds is 11. The van der Waals surface area contributed by atoms with Crippen LogP contribution in [-0.2, 0) is 24.4 Å². The van der Waals surface area contributed by atoms with Gasteiger partial charge in [0.25, 0.3) is 5.56 Å². The van der Waals surface area contributed by atoms with Crippen LogP contribution < -0.4 is 21.1 Å². The lowest BCUT2D eigenvalue weighted by molar-refractivity contribution is -0.122. The van der Waals surface area contributed by atoms with Gasteiger partial charge in [-0.1, -0.05) is 37.1 Å². The number of benzene rings is 2. The Balaban J connectivity index is 1.43. The van der Waals surface area contributed by atoms with Gasteiger partial charge in [0.15, 0.2) is 0 Å². The number of aliphatic hydroxyl groups excluding tert-OH is 1. The summed E-state index contributed by atoms with van der Waals surface area (Å²) >= 11 is 0. The Hall–Kier alpha value is -3.30. The predicted octanol–water partition coefficient (Wildman–Crippen LogP) is 4.57. The maximum absolute atomic E-state index is 13.7. The predicted molar refractivity (Wildman–Crippen MR) is 178 cm³/mol. The molecule has 8 heteroatoms. The van der Waals surface area contributed by atoms with E-state index < -0.39 is 0 Å². The number of piperazine rings is 1. The Morgan fingerprint density at radius 1 is 1.05 bits per heavy atom. The monoisotopic (exact) mass is 599 g/mol. The first-order valence-electron chi connectivity index (χ1n) is 16.3. The topological polar surface area (TPSA) is 101 Å². The number of H-pyrrole nitrogens is 1. The molecule has 0 radical (unpaired) electrons. The van der Waals surface area contributed by atoms with E-state index in [1.54, 1.807) is 0 Å². The molecule has 4 N–H and O–H groups in total. The van der Waals surface area contributed by atoms with Crippen LogP contribution in [0.15, 0.2) is 47.3 Å². The number of aliphatic hydroxyl groups is 1. The van der Waals surface area contributed by atoms with Crippen LogP contribution in [0, 0.1) is 26.7 Å². The highest BCUT2D eigenvalue weighted by molar-refractivity contribution is 5.96. The second-order valence-electron chi connectivity index (χ2n) is 12.6. The molecule has 5 rings (SSSR count). The maximum atomic E-state index is 13.7. The smallest absolute Gasteiger partial charge is 0.252 e. The van der Waals surface area contributed by atoms with Crippen LogP contribution in [0.5, 0.6) is 0 Å². The number of anilines is 1. The van der Waals surface area contributed by atoms with Crippen molar-refractivity contribution in [2.24, 2.45) is 5.92 Å². The molecule has 1 aliphatic carbocycles. The summed E-state index contributed by atoms with van der Waals surface area (Å²) in [5, 5.41) is 16.7. The molecule has 1 amide bonds. The maximum Gasteiger partial charge on any atom is 0.252 e. The number of hydrogen-bond donors (Lipinski definition) is 4. The van der Waals surface area contributed by atoms with Crippen molar-refractivity contribution in [3.63, 3.8) is 0 Å². The van der Waals surface area contributed by atoms with Gasteiger partial charge in [0, 0.05) is 74.7 Å². The van der Waals surface area contributed by atoms with Crippen molar-refractivity contribution in [2.75, 3.05) is 37.7 Å². The molecule has 1 aromatic heterocycles. The second-order valence-corrected chi connectivity index (χ2v) is 12.6. The number of pyridine rings is 1. The van der Waals surface area contributed by atoms with Crippen LogP contribution in [0.1, 0.15) is 66.1 Å². The Morgan fingerprint density at radius 2 is 1.80 bits per heavy atom. The Morgan fingerprint density at radius 3 is 2.48 bits per heavy atom. The molecular formula is C36H49N5O3. The molecule has 1 atom stereocenters. The van der Waals surface area contributed by atoms with E-state index in [1.165, 1.54) is 5.56 Å². The lowest BCUT2D eigenvalue weighted by Crippen LogP contribution is -2.52. The van der Waals surface area contributed by atoms with Crippen molar-refractivity contribution in [3.05, 3.63) is 86.3 Å². The van der Waals surface area contributed by atoms with Gasteiger partial charge in [0.2, 0.25) is 5.91 Å². The molecule has 1 aliphatic heterocycles. The van der Waals surface area contributed by atoms with Gasteiger partial charge in [0.05, 0.1) is 6.61 Å². The normalized spacial score (nSPS) is 17.7. The summed E-state index contributed by atoms with van der Waals surface area (Å²) < 4.78 is 0. The minimum Gasteiger partial charge on any atom is -0.395 e. The van der Waals surface area contributed by atoms with Gasteiger partial charge >= 0.3 is 0 Å². The minimum atomic E-state index is -0.0494. The zero-order valence-electron chi connectivity index (χ0n) is 26.8. The van der Waals surface area contributed by atoms with E-state index in [0.29, 0.717) is 19.6 Å². The van der Waals surface area contributed by atoms with Crippen LogP contribution in [0.4, 0.5) is 5.69 Å². The van der Waals surface area contributed by atoms with E-state index in [1.807, 2.05) is 24.8 Å². The van der Waals surface area contributed by atoms with Crippen molar-refractivity contribution in [1.29, 1.82) is 0 Å². The number of nitrogens with one attached hydrogen (secondary N) is 3. The van der Waals surface area contributed by atoms with Crippen molar-refractivity contribution in [2.45, 2.75) is 79.1 Å². The molecule has 0 bridgehead atoms. The summed E-state index contributed by atoms with van der Waals surface area (Å²) in [6.07, 6.45) is 4.19. The summed E-state index contributed by atoms with van der Waals surface area (Å²) in [7, 11) is 0. The molecule has 3 aromatic rings. The molecule has 0 spiro atoms. The van der Waals surface area contributed by atoms with Crippen LogP contribution >= 0.6 is 0 Å². The number of nitrogens with zero attached hydrogens (tertiary/aromatic N) is 2. The summed E-state index contributed by atoms with van der Waals surface area (Å²) in [6.45, 7) is 13.3. The number of aromatic amines is 1. The van der Waals surface area contributed by atoms with E-state index in [4.69, 9.17) is 0 Å². The fourth-order valence-corrected chi connectivity index (χ4v) is 6.88. The highest BCUT2D eigenvalue weighted by Crippen LogP contribution is 2.34. The van der Waals surface area contributed by atoms with Crippen LogP contribution in [0.3, 0.4) is 0 Å². The molecule has 2 aromatic carbocycles. The molecule has 0 unspecified atom stereocenters. The van der Waals surface area contributed by atoms with Crippen LogP contribution in [0.2, 0.25) is 0 Å². The molecule has 2 fully saturated rings. The zero-order chi connectivity index (χ0) is 31.2.